The van der Waals surface area contributed by atoms with Gasteiger partial charge in [0.1, 0.15) is 6.54 Å². The van der Waals surface area contributed by atoms with E-state index in [1.165, 1.54) is 7.05 Å². The molecule has 0 unspecified atom stereocenters. The SMILES string of the molecule is CN(CC(=O)O)C(=O)Cc1cn2cc(Cl)cc(Cl)c2n1. The van der Waals surface area contributed by atoms with Gasteiger partial charge in [0.2, 0.25) is 5.91 Å². The molecule has 0 saturated carbocycles. The summed E-state index contributed by atoms with van der Waals surface area (Å²) >= 11 is 11.9. The number of imidazole rings is 1. The molecule has 0 saturated heterocycles. The molecule has 2 aromatic heterocycles. The van der Waals surface area contributed by atoms with Crippen LogP contribution in [-0.2, 0) is 16.0 Å². The molecular formula is C12H11Cl2N3O3. The third-order valence-electron chi connectivity index (χ3n) is 2.65. The van der Waals surface area contributed by atoms with Gasteiger partial charge in [-0.2, -0.15) is 0 Å². The Hall–Kier alpha value is -1.79. The quantitative estimate of drug-likeness (QED) is 0.932. The van der Waals surface area contributed by atoms with Gasteiger partial charge in [-0.3, -0.25) is 9.59 Å². The summed E-state index contributed by atoms with van der Waals surface area (Å²) in [5.74, 6) is -1.40. The summed E-state index contributed by atoms with van der Waals surface area (Å²) in [6, 6.07) is 1.56. The number of hydrogen-bond acceptors (Lipinski definition) is 3. The summed E-state index contributed by atoms with van der Waals surface area (Å²) in [7, 11) is 1.43. The minimum atomic E-state index is -1.06. The van der Waals surface area contributed by atoms with E-state index in [4.69, 9.17) is 28.3 Å². The van der Waals surface area contributed by atoms with Gasteiger partial charge in [0.15, 0.2) is 5.65 Å². The van der Waals surface area contributed by atoms with Crippen LogP contribution in [0.1, 0.15) is 5.69 Å². The monoisotopic (exact) mass is 315 g/mol. The van der Waals surface area contributed by atoms with Crippen LogP contribution in [0, 0.1) is 0 Å². The Kier molecular flexibility index (Phi) is 4.15. The first kappa shape index (κ1) is 14.6. The Balaban J connectivity index is 2.20. The number of halogens is 2. The van der Waals surface area contributed by atoms with Crippen LogP contribution in [0.5, 0.6) is 0 Å². The first-order valence-electron chi connectivity index (χ1n) is 5.65. The largest absolute Gasteiger partial charge is 0.480 e. The van der Waals surface area contributed by atoms with Crippen molar-refractivity contribution in [3.8, 4) is 0 Å². The van der Waals surface area contributed by atoms with Crippen molar-refractivity contribution in [3.63, 3.8) is 0 Å². The topological polar surface area (TPSA) is 74.9 Å². The molecule has 1 N–H and O–H groups in total. The van der Waals surface area contributed by atoms with Gasteiger partial charge in [-0.1, -0.05) is 23.2 Å². The van der Waals surface area contributed by atoms with E-state index in [0.29, 0.717) is 21.4 Å². The second-order valence-electron chi connectivity index (χ2n) is 4.29. The number of aliphatic carboxylic acids is 1. The van der Waals surface area contributed by atoms with Gasteiger partial charge < -0.3 is 14.4 Å². The molecule has 0 aliphatic rings. The predicted octanol–water partition coefficient (Wildman–Crippen LogP) is 1.73. The maximum atomic E-state index is 11.8. The van der Waals surface area contributed by atoms with Crippen molar-refractivity contribution >= 4 is 40.7 Å². The third kappa shape index (κ3) is 3.20. The van der Waals surface area contributed by atoms with Crippen LogP contribution < -0.4 is 0 Å². The number of carbonyl (C=O) groups excluding carboxylic acids is 1. The lowest BCUT2D eigenvalue weighted by Gasteiger charge is -2.13. The third-order valence-corrected chi connectivity index (χ3v) is 3.14. The van der Waals surface area contributed by atoms with E-state index in [9.17, 15) is 9.59 Å². The fraction of sp³-hybridized carbons (Fsp3) is 0.250. The molecule has 106 valence electrons. The van der Waals surface area contributed by atoms with Gasteiger partial charge >= 0.3 is 5.97 Å². The maximum Gasteiger partial charge on any atom is 0.323 e. The normalized spacial score (nSPS) is 10.8. The first-order chi connectivity index (χ1) is 9.36. The number of nitrogens with zero attached hydrogens (tertiary/aromatic N) is 3. The second-order valence-corrected chi connectivity index (χ2v) is 5.13. The van der Waals surface area contributed by atoms with Crippen molar-refractivity contribution in [1.82, 2.24) is 14.3 Å². The molecular weight excluding hydrogens is 305 g/mol. The van der Waals surface area contributed by atoms with Gasteiger partial charge in [0, 0.05) is 19.4 Å². The lowest BCUT2D eigenvalue weighted by molar-refractivity contribution is -0.143. The van der Waals surface area contributed by atoms with Crippen LogP contribution in [0.2, 0.25) is 10.0 Å². The molecule has 2 rings (SSSR count). The van der Waals surface area contributed by atoms with Gasteiger partial charge in [-0.15, -0.1) is 0 Å². The summed E-state index contributed by atoms with van der Waals surface area (Å²) in [5.41, 5.74) is 0.996. The zero-order valence-corrected chi connectivity index (χ0v) is 12.0. The van der Waals surface area contributed by atoms with Crippen LogP contribution in [-0.4, -0.2) is 44.9 Å². The zero-order chi connectivity index (χ0) is 14.9. The van der Waals surface area contributed by atoms with Crippen LogP contribution in [0.4, 0.5) is 0 Å². The fourth-order valence-electron chi connectivity index (χ4n) is 1.74. The Morgan fingerprint density at radius 2 is 2.10 bits per heavy atom. The molecule has 8 heteroatoms. The molecule has 6 nitrogen and oxygen atoms in total. The van der Waals surface area contributed by atoms with E-state index < -0.39 is 5.97 Å². The molecule has 0 aliphatic heterocycles. The number of pyridine rings is 1. The maximum absolute atomic E-state index is 11.8. The number of hydrogen-bond donors (Lipinski definition) is 1. The predicted molar refractivity (Wildman–Crippen MR) is 74.2 cm³/mol. The average Bonchev–Trinajstić information content (AvgIpc) is 2.70. The molecule has 20 heavy (non-hydrogen) atoms. The summed E-state index contributed by atoms with van der Waals surface area (Å²) in [6.07, 6.45) is 3.27. The van der Waals surface area contributed by atoms with E-state index in [1.807, 2.05) is 0 Å². The van der Waals surface area contributed by atoms with Crippen LogP contribution in [0.25, 0.3) is 5.65 Å². The summed E-state index contributed by atoms with van der Waals surface area (Å²) in [6.45, 7) is -0.348. The van der Waals surface area contributed by atoms with E-state index in [1.54, 1.807) is 22.9 Å². The minimum Gasteiger partial charge on any atom is -0.480 e. The molecule has 0 aromatic carbocycles. The molecule has 0 bridgehead atoms. The Morgan fingerprint density at radius 1 is 1.40 bits per heavy atom. The summed E-state index contributed by atoms with van der Waals surface area (Å²) in [5, 5.41) is 9.48. The molecule has 1 amide bonds. The molecule has 0 atom stereocenters. The molecule has 0 fully saturated rings. The van der Waals surface area contributed by atoms with Crippen LogP contribution in [0.3, 0.4) is 0 Å². The second kappa shape index (κ2) is 5.68. The molecule has 2 aromatic rings. The highest BCUT2D eigenvalue weighted by atomic mass is 35.5. The van der Waals surface area contributed by atoms with E-state index in [-0.39, 0.29) is 18.9 Å². The zero-order valence-electron chi connectivity index (χ0n) is 10.5. The Labute approximate surface area is 124 Å². The average molecular weight is 316 g/mol. The Bertz CT molecular complexity index is 684. The van der Waals surface area contributed by atoms with Gasteiger partial charge in [0.25, 0.3) is 0 Å². The van der Waals surface area contributed by atoms with Crippen LogP contribution >= 0.6 is 23.2 Å². The van der Waals surface area contributed by atoms with Crippen molar-refractivity contribution < 1.29 is 14.7 Å². The number of carboxylic acids is 1. The lowest BCUT2D eigenvalue weighted by atomic mass is 10.3. The minimum absolute atomic E-state index is 0.000587. The molecule has 0 radical (unpaired) electrons. The Morgan fingerprint density at radius 3 is 2.75 bits per heavy atom. The number of aromatic nitrogens is 2. The first-order valence-corrected chi connectivity index (χ1v) is 6.41. The number of amides is 1. The number of likely N-dealkylation sites (N-methyl/N-ethyl adjacent to an activating group) is 1. The van der Waals surface area contributed by atoms with Gasteiger partial charge in [-0.05, 0) is 6.07 Å². The molecule has 0 spiro atoms. The lowest BCUT2D eigenvalue weighted by Crippen LogP contribution is -2.33. The van der Waals surface area contributed by atoms with Crippen molar-refractivity contribution in [2.75, 3.05) is 13.6 Å². The highest BCUT2D eigenvalue weighted by molar-refractivity contribution is 6.36. The number of carbonyl (C=O) groups is 2. The highest BCUT2D eigenvalue weighted by Crippen LogP contribution is 2.21. The van der Waals surface area contributed by atoms with Crippen molar-refractivity contribution in [2.45, 2.75) is 6.42 Å². The van der Waals surface area contributed by atoms with Gasteiger partial charge in [0.05, 0.1) is 22.2 Å². The fourth-order valence-corrected chi connectivity index (χ4v) is 2.27. The van der Waals surface area contributed by atoms with E-state index in [2.05, 4.69) is 4.98 Å². The molecule has 0 aliphatic carbocycles. The standard InChI is InChI=1S/C12H11Cl2N3O3/c1-16(6-11(19)20)10(18)3-8-5-17-4-7(13)2-9(14)12(17)15-8/h2,4-5H,3,6H2,1H3,(H,19,20). The van der Waals surface area contributed by atoms with Gasteiger partial charge in [-0.25, -0.2) is 4.98 Å². The highest BCUT2D eigenvalue weighted by Gasteiger charge is 2.15. The van der Waals surface area contributed by atoms with E-state index in [0.717, 1.165) is 4.90 Å². The van der Waals surface area contributed by atoms with Crippen LogP contribution in [0.15, 0.2) is 18.5 Å². The number of fused-ring (bicyclic) bond motifs is 1. The smallest absolute Gasteiger partial charge is 0.323 e. The van der Waals surface area contributed by atoms with E-state index >= 15 is 0 Å². The molecule has 2 heterocycles. The number of rotatable bonds is 4. The van der Waals surface area contributed by atoms with Crippen molar-refractivity contribution in [3.05, 3.63) is 34.2 Å². The summed E-state index contributed by atoms with van der Waals surface area (Å²) in [4.78, 5) is 27.7. The number of carboxylic acid groups (broad SMARTS) is 1. The van der Waals surface area contributed by atoms with Crippen molar-refractivity contribution in [2.24, 2.45) is 0 Å². The summed E-state index contributed by atoms with van der Waals surface area (Å²) < 4.78 is 1.63. The van der Waals surface area contributed by atoms with Crippen molar-refractivity contribution in [1.29, 1.82) is 0 Å².